The summed E-state index contributed by atoms with van der Waals surface area (Å²) in [6.45, 7) is 4.14. The molecule has 1 N–H and O–H groups in total. The minimum atomic E-state index is -0.0709. The van der Waals surface area contributed by atoms with Crippen LogP contribution in [-0.2, 0) is 4.79 Å². The summed E-state index contributed by atoms with van der Waals surface area (Å²) in [5, 5.41) is 3.23. The van der Waals surface area contributed by atoms with Crippen LogP contribution in [-0.4, -0.2) is 18.9 Å². The molecule has 0 aromatic heterocycles. The van der Waals surface area contributed by atoms with Crippen LogP contribution in [0.3, 0.4) is 0 Å². The van der Waals surface area contributed by atoms with Gasteiger partial charge in [-0.1, -0.05) is 13.3 Å². The molecule has 0 atom stereocenters. The second-order valence-electron chi connectivity index (χ2n) is 2.73. The maximum Gasteiger partial charge on any atom is 0.205 e. The maximum atomic E-state index is 10.6. The number of hydrogen-bond donors (Lipinski definition) is 1. The van der Waals surface area contributed by atoms with Crippen LogP contribution in [0.5, 0.6) is 0 Å². The lowest BCUT2D eigenvalue weighted by molar-refractivity contribution is -0.113. The lowest BCUT2D eigenvalue weighted by atomic mass is 10.1. The molecule has 0 saturated carbocycles. The van der Waals surface area contributed by atoms with Crippen LogP contribution in [0.4, 0.5) is 0 Å². The van der Waals surface area contributed by atoms with Crippen LogP contribution >= 0.6 is 0 Å². The fourth-order valence-electron chi connectivity index (χ4n) is 0.961. The van der Waals surface area contributed by atoms with Crippen molar-refractivity contribution in [2.45, 2.75) is 32.6 Å². The van der Waals surface area contributed by atoms with Crippen molar-refractivity contribution in [2.24, 2.45) is 0 Å². The minimum Gasteiger partial charge on any atom is -0.317 e. The average molecular weight is 167 g/mol. The Labute approximate surface area is 74.7 Å². The lowest BCUT2D eigenvalue weighted by Gasteiger charge is -1.99. The summed E-state index contributed by atoms with van der Waals surface area (Å²) in [5.74, 6) is 2.04. The van der Waals surface area contributed by atoms with Crippen LogP contribution < -0.4 is 5.32 Å². The fourth-order valence-corrected chi connectivity index (χ4v) is 0.961. The molecule has 0 aromatic rings. The van der Waals surface area contributed by atoms with Gasteiger partial charge in [-0.2, -0.15) is 0 Å². The molecule has 0 aliphatic rings. The highest BCUT2D eigenvalue weighted by Crippen LogP contribution is 1.98. The molecule has 0 aliphatic heterocycles. The molecule has 0 fully saturated rings. The van der Waals surface area contributed by atoms with Crippen LogP contribution in [0.2, 0.25) is 0 Å². The first-order chi connectivity index (χ1) is 5.81. The predicted octanol–water partition coefficient (Wildman–Crippen LogP) is 1.36. The third-order valence-electron chi connectivity index (χ3n) is 1.67. The van der Waals surface area contributed by atoms with Gasteiger partial charge in [-0.15, -0.1) is 6.42 Å². The van der Waals surface area contributed by atoms with Crippen molar-refractivity contribution in [3.05, 3.63) is 0 Å². The number of carbonyl (C=O) groups excluding carboxylic acids is 1. The van der Waals surface area contributed by atoms with E-state index in [-0.39, 0.29) is 5.78 Å². The Morgan fingerprint density at radius 1 is 1.42 bits per heavy atom. The summed E-state index contributed by atoms with van der Waals surface area (Å²) < 4.78 is 0. The van der Waals surface area contributed by atoms with E-state index < -0.39 is 0 Å². The van der Waals surface area contributed by atoms with Gasteiger partial charge < -0.3 is 5.32 Å². The van der Waals surface area contributed by atoms with E-state index >= 15 is 0 Å². The van der Waals surface area contributed by atoms with Gasteiger partial charge in [-0.25, -0.2) is 0 Å². The van der Waals surface area contributed by atoms with Gasteiger partial charge in [0.2, 0.25) is 5.78 Å². The van der Waals surface area contributed by atoms with Crippen molar-refractivity contribution >= 4 is 5.78 Å². The van der Waals surface area contributed by atoms with Crippen molar-refractivity contribution in [2.75, 3.05) is 13.1 Å². The molecular weight excluding hydrogens is 150 g/mol. The number of carbonyl (C=O) groups is 1. The van der Waals surface area contributed by atoms with Gasteiger partial charge in [0.15, 0.2) is 0 Å². The van der Waals surface area contributed by atoms with E-state index in [1.807, 2.05) is 0 Å². The van der Waals surface area contributed by atoms with Crippen LogP contribution in [0.25, 0.3) is 0 Å². The number of terminal acetylenes is 1. The van der Waals surface area contributed by atoms with Crippen molar-refractivity contribution in [3.8, 4) is 12.3 Å². The van der Waals surface area contributed by atoms with E-state index in [4.69, 9.17) is 6.42 Å². The molecule has 0 spiro atoms. The number of nitrogens with one attached hydrogen (secondary N) is 1. The van der Waals surface area contributed by atoms with Crippen LogP contribution in [0.15, 0.2) is 0 Å². The number of unbranched alkanes of at least 4 members (excludes halogenated alkanes) is 2. The molecule has 0 rings (SSSR count). The van der Waals surface area contributed by atoms with E-state index in [0.717, 1.165) is 32.4 Å². The van der Waals surface area contributed by atoms with Gasteiger partial charge >= 0.3 is 0 Å². The number of Topliss-reactive ketones (excluding diaryl/α,β-unsaturated/α-hetero) is 1. The summed E-state index contributed by atoms with van der Waals surface area (Å²) in [7, 11) is 0. The zero-order chi connectivity index (χ0) is 9.23. The molecule has 0 unspecified atom stereocenters. The Balaban J connectivity index is 3.02. The van der Waals surface area contributed by atoms with Crippen LogP contribution in [0.1, 0.15) is 32.6 Å². The van der Waals surface area contributed by atoms with E-state index in [2.05, 4.69) is 18.2 Å². The van der Waals surface area contributed by atoms with Crippen LogP contribution in [0, 0.1) is 12.3 Å². The molecule has 0 saturated heterocycles. The smallest absolute Gasteiger partial charge is 0.205 e. The molecule has 12 heavy (non-hydrogen) atoms. The minimum absolute atomic E-state index is 0.0709. The number of rotatable bonds is 7. The second kappa shape index (κ2) is 8.29. The second-order valence-corrected chi connectivity index (χ2v) is 2.73. The molecule has 68 valence electrons. The van der Waals surface area contributed by atoms with Crippen molar-refractivity contribution in [1.82, 2.24) is 5.32 Å². The first kappa shape index (κ1) is 11.2. The molecule has 0 amide bonds. The normalized spacial score (nSPS) is 9.33. The maximum absolute atomic E-state index is 10.6. The largest absolute Gasteiger partial charge is 0.317 e. The fraction of sp³-hybridized carbons (Fsp3) is 0.700. The quantitative estimate of drug-likeness (QED) is 0.352. The van der Waals surface area contributed by atoms with Gasteiger partial charge in [0.1, 0.15) is 0 Å². The topological polar surface area (TPSA) is 29.1 Å². The van der Waals surface area contributed by atoms with Gasteiger partial charge in [0, 0.05) is 6.42 Å². The highest BCUT2D eigenvalue weighted by atomic mass is 16.1. The monoisotopic (exact) mass is 167 g/mol. The summed E-state index contributed by atoms with van der Waals surface area (Å²) in [4.78, 5) is 10.6. The zero-order valence-electron chi connectivity index (χ0n) is 7.73. The van der Waals surface area contributed by atoms with E-state index in [9.17, 15) is 4.79 Å². The molecular formula is C10H17NO. The highest BCUT2D eigenvalue weighted by Gasteiger charge is 1.95. The lowest BCUT2D eigenvalue weighted by Crippen LogP contribution is -2.13. The highest BCUT2D eigenvalue weighted by molar-refractivity contribution is 5.94. The molecule has 0 heterocycles. The van der Waals surface area contributed by atoms with E-state index in [1.165, 1.54) is 0 Å². The first-order valence-electron chi connectivity index (χ1n) is 4.51. The zero-order valence-corrected chi connectivity index (χ0v) is 7.73. The number of hydrogen-bond acceptors (Lipinski definition) is 2. The van der Waals surface area contributed by atoms with Gasteiger partial charge in [-0.05, 0) is 31.9 Å². The van der Waals surface area contributed by atoms with Crippen molar-refractivity contribution in [1.29, 1.82) is 0 Å². The Morgan fingerprint density at radius 2 is 2.17 bits per heavy atom. The molecule has 2 heteroatoms. The Morgan fingerprint density at radius 3 is 2.75 bits per heavy atom. The molecule has 0 aliphatic carbocycles. The third-order valence-corrected chi connectivity index (χ3v) is 1.67. The standard InChI is InChI=1S/C10H17NO/c1-3-10(12)8-6-5-7-9-11-4-2/h1,11H,4-9H2,2H3. The summed E-state index contributed by atoms with van der Waals surface area (Å²) in [5.41, 5.74) is 0. The van der Waals surface area contributed by atoms with Crippen molar-refractivity contribution < 1.29 is 4.79 Å². The molecule has 2 nitrogen and oxygen atoms in total. The Kier molecular flexibility index (Phi) is 7.73. The summed E-state index contributed by atoms with van der Waals surface area (Å²) in [6.07, 6.45) is 8.61. The first-order valence-corrected chi connectivity index (χ1v) is 4.51. The SMILES string of the molecule is C#CC(=O)CCCCCNCC. The Bertz CT molecular complexity index is 158. The van der Waals surface area contributed by atoms with E-state index in [0.29, 0.717) is 6.42 Å². The van der Waals surface area contributed by atoms with Gasteiger partial charge in [0.25, 0.3) is 0 Å². The average Bonchev–Trinajstić information content (AvgIpc) is 2.10. The molecule has 0 radical (unpaired) electrons. The van der Waals surface area contributed by atoms with Gasteiger partial charge in [-0.3, -0.25) is 4.79 Å². The number of ketones is 1. The predicted molar refractivity (Wildman–Crippen MR) is 50.9 cm³/mol. The Hall–Kier alpha value is -0.810. The summed E-state index contributed by atoms with van der Waals surface area (Å²) >= 11 is 0. The van der Waals surface area contributed by atoms with Crippen molar-refractivity contribution in [3.63, 3.8) is 0 Å². The molecule has 0 aromatic carbocycles. The third kappa shape index (κ3) is 7.30. The van der Waals surface area contributed by atoms with E-state index in [1.54, 1.807) is 0 Å². The molecule has 0 bridgehead atoms. The summed E-state index contributed by atoms with van der Waals surface area (Å²) in [6, 6.07) is 0. The van der Waals surface area contributed by atoms with Gasteiger partial charge in [0.05, 0.1) is 0 Å².